The maximum Gasteiger partial charge on any atom is 0.322 e. The Labute approximate surface area is 118 Å². The van der Waals surface area contributed by atoms with E-state index in [-0.39, 0.29) is 5.91 Å². The molecule has 2 rings (SSSR count). The van der Waals surface area contributed by atoms with Crippen LogP contribution >= 0.6 is 0 Å². The first-order valence-corrected chi connectivity index (χ1v) is 7.33. The highest BCUT2D eigenvalue weighted by Gasteiger charge is 2.38. The average Bonchev–Trinajstić information content (AvgIpc) is 2.40. The third kappa shape index (κ3) is 3.67. The molecule has 0 aromatic carbocycles. The van der Waals surface area contributed by atoms with Crippen molar-refractivity contribution in [3.63, 3.8) is 0 Å². The Morgan fingerprint density at radius 3 is 2.45 bits per heavy atom. The lowest BCUT2D eigenvalue weighted by atomic mass is 9.95. The van der Waals surface area contributed by atoms with Gasteiger partial charge in [-0.25, -0.2) is 0 Å². The number of nitrogens with zero attached hydrogens (tertiary/aromatic N) is 2. The summed E-state index contributed by atoms with van der Waals surface area (Å²) in [7, 11) is 0. The molecule has 2 aliphatic rings. The second kappa shape index (κ2) is 6.06. The highest BCUT2D eigenvalue weighted by atomic mass is 19.3. The maximum absolute atomic E-state index is 13.0. The Morgan fingerprint density at radius 2 is 1.90 bits per heavy atom. The molecule has 4 nitrogen and oxygen atoms in total. The molecule has 2 fully saturated rings. The molecule has 0 unspecified atom stereocenters. The molecule has 0 atom stereocenters. The molecule has 0 aliphatic carbocycles. The van der Waals surface area contributed by atoms with E-state index < -0.39 is 11.8 Å². The second-order valence-electron chi connectivity index (χ2n) is 5.92. The van der Waals surface area contributed by atoms with Crippen molar-refractivity contribution >= 4 is 11.8 Å². The minimum absolute atomic E-state index is 0.204. The van der Waals surface area contributed by atoms with E-state index in [0.29, 0.717) is 51.7 Å². The summed E-state index contributed by atoms with van der Waals surface area (Å²) in [6.45, 7) is 2.91. The van der Waals surface area contributed by atoms with Gasteiger partial charge in [0.1, 0.15) is 0 Å². The van der Waals surface area contributed by atoms with Gasteiger partial charge in [0.25, 0.3) is 5.91 Å². The van der Waals surface area contributed by atoms with Crippen LogP contribution in [0.5, 0.6) is 0 Å². The van der Waals surface area contributed by atoms with Crippen LogP contribution in [-0.2, 0) is 9.59 Å². The molecule has 6 heteroatoms. The van der Waals surface area contributed by atoms with Crippen LogP contribution in [-0.4, -0.2) is 53.7 Å². The molecule has 0 bridgehead atoms. The van der Waals surface area contributed by atoms with Gasteiger partial charge in [0.05, 0.1) is 0 Å². The van der Waals surface area contributed by atoms with Crippen molar-refractivity contribution < 1.29 is 18.4 Å². The van der Waals surface area contributed by atoms with E-state index in [0.717, 1.165) is 19.4 Å². The van der Waals surface area contributed by atoms with Gasteiger partial charge in [-0.05, 0) is 31.6 Å². The van der Waals surface area contributed by atoms with Gasteiger partial charge in [-0.3, -0.25) is 9.59 Å². The molecule has 0 N–H and O–H groups in total. The van der Waals surface area contributed by atoms with Crippen molar-refractivity contribution in [3.8, 4) is 0 Å². The Bertz CT molecular complexity index is 374. The summed E-state index contributed by atoms with van der Waals surface area (Å²) in [6.07, 6.45) is 4.04. The maximum atomic E-state index is 13.0. The van der Waals surface area contributed by atoms with Crippen molar-refractivity contribution in [2.75, 3.05) is 26.2 Å². The number of carbonyl (C=O) groups excluding carboxylic acids is 2. The Balaban J connectivity index is 1.79. The van der Waals surface area contributed by atoms with E-state index in [2.05, 4.69) is 0 Å². The van der Waals surface area contributed by atoms with E-state index in [1.807, 2.05) is 4.90 Å². The lowest BCUT2D eigenvalue weighted by Crippen LogP contribution is -2.48. The Morgan fingerprint density at radius 1 is 1.25 bits per heavy atom. The van der Waals surface area contributed by atoms with E-state index in [1.165, 1.54) is 4.90 Å². The molecule has 114 valence electrons. The number of amides is 2. The van der Waals surface area contributed by atoms with Crippen molar-refractivity contribution in [2.24, 2.45) is 5.92 Å². The first kappa shape index (κ1) is 15.2. The molecule has 0 saturated carbocycles. The molecule has 2 heterocycles. The van der Waals surface area contributed by atoms with Crippen LogP contribution in [0.3, 0.4) is 0 Å². The molecule has 2 aliphatic heterocycles. The fourth-order valence-electron chi connectivity index (χ4n) is 2.96. The number of hydrogen-bond donors (Lipinski definition) is 0. The lowest BCUT2D eigenvalue weighted by molar-refractivity contribution is -0.156. The smallest absolute Gasteiger partial charge is 0.322 e. The zero-order valence-corrected chi connectivity index (χ0v) is 11.9. The highest BCUT2D eigenvalue weighted by molar-refractivity contribution is 5.83. The number of likely N-dealkylation sites (tertiary alicyclic amines) is 2. The van der Waals surface area contributed by atoms with Gasteiger partial charge in [-0.15, -0.1) is 0 Å². The first-order chi connectivity index (χ1) is 9.38. The normalized spacial score (nSPS) is 22.2. The molecule has 0 aromatic heterocycles. The van der Waals surface area contributed by atoms with Crippen molar-refractivity contribution in [3.05, 3.63) is 0 Å². The van der Waals surface area contributed by atoms with Crippen LogP contribution in [0.4, 0.5) is 8.78 Å². The molecular formula is C14H22F2N2O2. The summed E-state index contributed by atoms with van der Waals surface area (Å²) in [4.78, 5) is 26.3. The fraction of sp³-hybridized carbons (Fsp3) is 0.857. The third-order valence-corrected chi connectivity index (χ3v) is 4.18. The van der Waals surface area contributed by atoms with E-state index >= 15 is 0 Å². The topological polar surface area (TPSA) is 40.6 Å². The Hall–Kier alpha value is -1.20. The van der Waals surface area contributed by atoms with Gasteiger partial charge in [0.15, 0.2) is 0 Å². The summed E-state index contributed by atoms with van der Waals surface area (Å²) < 4.78 is 26.0. The van der Waals surface area contributed by atoms with Crippen LogP contribution in [0.25, 0.3) is 0 Å². The van der Waals surface area contributed by atoms with Crippen molar-refractivity contribution in [1.82, 2.24) is 9.80 Å². The number of carbonyl (C=O) groups is 2. The van der Waals surface area contributed by atoms with Crippen molar-refractivity contribution in [2.45, 2.75) is 45.0 Å². The standard InChI is InChI=1S/C14H22F2N2O2/c1-14(15,16)13(20)17-8-5-11(6-9-17)10-18-7-3-2-4-12(18)19/h11H,2-10H2,1H3. The summed E-state index contributed by atoms with van der Waals surface area (Å²) in [5.74, 6) is -3.83. The van der Waals surface area contributed by atoms with Crippen LogP contribution in [0.1, 0.15) is 39.0 Å². The quantitative estimate of drug-likeness (QED) is 0.796. The van der Waals surface area contributed by atoms with Crippen LogP contribution in [0.15, 0.2) is 0 Å². The minimum atomic E-state index is -3.28. The van der Waals surface area contributed by atoms with Crippen LogP contribution < -0.4 is 0 Å². The van der Waals surface area contributed by atoms with E-state index in [9.17, 15) is 18.4 Å². The summed E-state index contributed by atoms with van der Waals surface area (Å²) in [5.41, 5.74) is 0. The van der Waals surface area contributed by atoms with Gasteiger partial charge in [0.2, 0.25) is 5.91 Å². The number of alkyl halides is 2. The average molecular weight is 288 g/mol. The summed E-state index contributed by atoms with van der Waals surface area (Å²) in [5, 5.41) is 0. The van der Waals surface area contributed by atoms with Crippen molar-refractivity contribution in [1.29, 1.82) is 0 Å². The predicted molar refractivity (Wildman–Crippen MR) is 70.4 cm³/mol. The molecular weight excluding hydrogens is 266 g/mol. The van der Waals surface area contributed by atoms with Gasteiger partial charge >= 0.3 is 5.92 Å². The van der Waals surface area contributed by atoms with E-state index in [1.54, 1.807) is 0 Å². The number of piperidine rings is 2. The minimum Gasteiger partial charge on any atom is -0.342 e. The molecule has 2 saturated heterocycles. The predicted octanol–water partition coefficient (Wildman–Crippen LogP) is 1.89. The number of hydrogen-bond acceptors (Lipinski definition) is 2. The van der Waals surface area contributed by atoms with Crippen LogP contribution in [0, 0.1) is 5.92 Å². The van der Waals surface area contributed by atoms with Gasteiger partial charge in [0, 0.05) is 39.5 Å². The van der Waals surface area contributed by atoms with E-state index in [4.69, 9.17) is 0 Å². The molecule has 0 spiro atoms. The highest BCUT2D eigenvalue weighted by Crippen LogP contribution is 2.24. The van der Waals surface area contributed by atoms with Gasteiger partial charge in [-0.2, -0.15) is 8.78 Å². The molecule has 20 heavy (non-hydrogen) atoms. The fourth-order valence-corrected chi connectivity index (χ4v) is 2.96. The summed E-state index contributed by atoms with van der Waals surface area (Å²) in [6, 6.07) is 0. The monoisotopic (exact) mass is 288 g/mol. The van der Waals surface area contributed by atoms with Gasteiger partial charge < -0.3 is 9.80 Å². The largest absolute Gasteiger partial charge is 0.342 e. The Kier molecular flexibility index (Phi) is 4.60. The number of rotatable bonds is 3. The SMILES string of the molecule is CC(F)(F)C(=O)N1CCC(CN2CCCCC2=O)CC1. The second-order valence-corrected chi connectivity index (χ2v) is 5.92. The summed E-state index contributed by atoms with van der Waals surface area (Å²) >= 11 is 0. The lowest BCUT2D eigenvalue weighted by Gasteiger charge is -2.36. The number of halogens is 2. The molecule has 2 amide bonds. The van der Waals surface area contributed by atoms with Crippen LogP contribution in [0.2, 0.25) is 0 Å². The molecule has 0 aromatic rings. The zero-order valence-electron chi connectivity index (χ0n) is 11.9. The third-order valence-electron chi connectivity index (χ3n) is 4.18. The first-order valence-electron chi connectivity index (χ1n) is 7.33. The van der Waals surface area contributed by atoms with Gasteiger partial charge in [-0.1, -0.05) is 0 Å². The molecule has 0 radical (unpaired) electrons. The zero-order chi connectivity index (χ0) is 14.8.